The molecular weight excluding hydrogens is 419 g/mol. The number of aromatic nitrogens is 2. The number of nitrogens with one attached hydrogen (secondary N) is 2. The minimum atomic E-state index is -0.733. The minimum absolute atomic E-state index is 0.0407. The van der Waals surface area contributed by atoms with Crippen LogP contribution in [0.25, 0.3) is 0 Å². The molecule has 2 heterocycles. The molecule has 0 bridgehead atoms. The molecule has 11 heteroatoms. The van der Waals surface area contributed by atoms with Crippen LogP contribution in [0, 0.1) is 17.1 Å². The molecule has 0 saturated heterocycles. The molecule has 2 rings (SSSR count). The number of amidine groups is 1. The van der Waals surface area contributed by atoms with Crippen LogP contribution in [0.5, 0.6) is 0 Å². The van der Waals surface area contributed by atoms with Gasteiger partial charge in [-0.1, -0.05) is 0 Å². The first-order valence-electron chi connectivity index (χ1n) is 9.54. The standard InChI is InChI=1S/C21H23FN6O4/c1-21(2,3)32-20(30)28-19(24-4)31-10-9-15-14(22)6-8-17(26-15)27-18(29)16-7-5-13(11-23)12-25-16/h5-8,12H,9-10H2,1-4H3,(H,24,28,30)(H,26,27,29). The van der Waals surface area contributed by atoms with Crippen LogP contribution in [0.1, 0.15) is 42.5 Å². The third-order valence-corrected chi connectivity index (χ3v) is 3.67. The van der Waals surface area contributed by atoms with E-state index in [1.54, 1.807) is 20.8 Å². The van der Waals surface area contributed by atoms with Crippen molar-refractivity contribution in [3.8, 4) is 6.07 Å². The topological polar surface area (TPSA) is 139 Å². The fraction of sp³-hybridized carbons (Fsp3) is 0.333. The van der Waals surface area contributed by atoms with Gasteiger partial charge in [-0.15, -0.1) is 0 Å². The van der Waals surface area contributed by atoms with Gasteiger partial charge < -0.3 is 14.8 Å². The number of nitriles is 1. The first-order valence-corrected chi connectivity index (χ1v) is 9.54. The largest absolute Gasteiger partial charge is 0.465 e. The Morgan fingerprint density at radius 2 is 2.00 bits per heavy atom. The maximum Gasteiger partial charge on any atom is 0.415 e. The third kappa shape index (κ3) is 7.64. The van der Waals surface area contributed by atoms with Gasteiger partial charge in [0, 0.05) is 19.7 Å². The van der Waals surface area contributed by atoms with E-state index in [1.165, 1.54) is 31.4 Å². The fourth-order valence-electron chi connectivity index (χ4n) is 2.30. The molecule has 10 nitrogen and oxygen atoms in total. The lowest BCUT2D eigenvalue weighted by atomic mass is 10.2. The van der Waals surface area contributed by atoms with Crippen LogP contribution < -0.4 is 10.6 Å². The molecule has 0 radical (unpaired) electrons. The lowest BCUT2D eigenvalue weighted by Gasteiger charge is -2.20. The van der Waals surface area contributed by atoms with E-state index >= 15 is 0 Å². The van der Waals surface area contributed by atoms with Gasteiger partial charge in [0.05, 0.1) is 17.9 Å². The Bertz CT molecular complexity index is 1040. The van der Waals surface area contributed by atoms with Crippen molar-refractivity contribution >= 4 is 23.8 Å². The zero-order valence-corrected chi connectivity index (χ0v) is 18.1. The summed E-state index contributed by atoms with van der Waals surface area (Å²) in [5.74, 6) is -1.02. The van der Waals surface area contributed by atoms with Crippen molar-refractivity contribution in [3.63, 3.8) is 0 Å². The van der Waals surface area contributed by atoms with Crippen LogP contribution >= 0.6 is 0 Å². The SMILES string of the molecule is C/N=C(/NC(=O)OC(C)(C)C)OCCc1nc(NC(=O)c2ccc(C#N)cn2)ccc1F. The maximum atomic E-state index is 14.1. The summed E-state index contributed by atoms with van der Waals surface area (Å²) in [6.45, 7) is 5.11. The van der Waals surface area contributed by atoms with Crippen LogP contribution in [0.3, 0.4) is 0 Å². The first kappa shape index (κ1) is 24.2. The number of anilines is 1. The van der Waals surface area contributed by atoms with Gasteiger partial charge in [-0.05, 0) is 45.0 Å². The van der Waals surface area contributed by atoms with E-state index < -0.39 is 23.4 Å². The number of hydrogen-bond acceptors (Lipinski definition) is 8. The number of nitrogens with zero attached hydrogens (tertiary/aromatic N) is 4. The van der Waals surface area contributed by atoms with Gasteiger partial charge in [0.25, 0.3) is 11.9 Å². The molecule has 2 aromatic rings. The number of ether oxygens (including phenoxy) is 2. The Kier molecular flexibility index (Phi) is 8.17. The van der Waals surface area contributed by atoms with Crippen molar-refractivity contribution in [1.82, 2.24) is 15.3 Å². The molecule has 0 atom stereocenters. The Hall–Kier alpha value is -4.07. The Balaban J connectivity index is 1.95. The van der Waals surface area contributed by atoms with Gasteiger partial charge in [-0.3, -0.25) is 4.79 Å². The number of carbonyl (C=O) groups is 2. The van der Waals surface area contributed by atoms with E-state index in [-0.39, 0.29) is 36.3 Å². The quantitative estimate of drug-likeness (QED) is 0.536. The van der Waals surface area contributed by atoms with E-state index in [9.17, 15) is 14.0 Å². The average molecular weight is 442 g/mol. The Morgan fingerprint density at radius 3 is 2.59 bits per heavy atom. The number of aliphatic imine (C=N–C) groups is 1. The summed E-state index contributed by atoms with van der Waals surface area (Å²) in [5.41, 5.74) is -0.242. The van der Waals surface area contributed by atoms with E-state index in [1.807, 2.05) is 6.07 Å². The fourth-order valence-corrected chi connectivity index (χ4v) is 2.30. The van der Waals surface area contributed by atoms with E-state index in [2.05, 4.69) is 25.6 Å². The van der Waals surface area contributed by atoms with Gasteiger partial charge >= 0.3 is 6.09 Å². The van der Waals surface area contributed by atoms with Crippen molar-refractivity contribution in [1.29, 1.82) is 5.26 Å². The molecule has 0 aromatic carbocycles. The highest BCUT2D eigenvalue weighted by Gasteiger charge is 2.18. The second kappa shape index (κ2) is 10.8. The van der Waals surface area contributed by atoms with Crippen molar-refractivity contribution in [2.75, 3.05) is 19.0 Å². The number of hydrogen-bond donors (Lipinski definition) is 2. The highest BCUT2D eigenvalue weighted by Crippen LogP contribution is 2.12. The van der Waals surface area contributed by atoms with Crippen LogP contribution in [0.4, 0.5) is 15.0 Å². The second-order valence-electron chi connectivity index (χ2n) is 7.38. The molecule has 168 valence electrons. The second-order valence-corrected chi connectivity index (χ2v) is 7.38. The molecule has 2 amide bonds. The molecule has 0 saturated carbocycles. The third-order valence-electron chi connectivity index (χ3n) is 3.67. The van der Waals surface area contributed by atoms with Crippen LogP contribution in [0.2, 0.25) is 0 Å². The number of pyridine rings is 2. The van der Waals surface area contributed by atoms with Gasteiger partial charge in [0.1, 0.15) is 29.0 Å². The molecule has 0 unspecified atom stereocenters. The predicted molar refractivity (Wildman–Crippen MR) is 113 cm³/mol. The van der Waals surface area contributed by atoms with Crippen molar-refractivity contribution in [2.24, 2.45) is 4.99 Å². The summed E-state index contributed by atoms with van der Waals surface area (Å²) >= 11 is 0. The summed E-state index contributed by atoms with van der Waals surface area (Å²) in [7, 11) is 1.42. The highest BCUT2D eigenvalue weighted by molar-refractivity contribution is 6.02. The Morgan fingerprint density at radius 1 is 1.25 bits per heavy atom. The van der Waals surface area contributed by atoms with Crippen LogP contribution in [-0.4, -0.2) is 47.2 Å². The van der Waals surface area contributed by atoms with Crippen molar-refractivity contribution in [2.45, 2.75) is 32.8 Å². The normalized spacial score (nSPS) is 11.3. The zero-order valence-electron chi connectivity index (χ0n) is 18.1. The lowest BCUT2D eigenvalue weighted by Crippen LogP contribution is -2.37. The predicted octanol–water partition coefficient (Wildman–Crippen LogP) is 2.81. The highest BCUT2D eigenvalue weighted by atomic mass is 19.1. The average Bonchev–Trinajstić information content (AvgIpc) is 2.73. The maximum absolute atomic E-state index is 14.1. The molecule has 0 aliphatic rings. The smallest absolute Gasteiger partial charge is 0.415 e. The van der Waals surface area contributed by atoms with Crippen LogP contribution in [0.15, 0.2) is 35.5 Å². The van der Waals surface area contributed by atoms with E-state index in [0.717, 1.165) is 6.07 Å². The minimum Gasteiger partial charge on any atom is -0.465 e. The van der Waals surface area contributed by atoms with E-state index in [0.29, 0.717) is 5.56 Å². The summed E-state index contributed by atoms with van der Waals surface area (Å²) in [4.78, 5) is 35.8. The lowest BCUT2D eigenvalue weighted by molar-refractivity contribution is 0.0548. The number of alkyl carbamates (subject to hydrolysis) is 1. The monoisotopic (exact) mass is 442 g/mol. The molecule has 0 spiro atoms. The summed E-state index contributed by atoms with van der Waals surface area (Å²) < 4.78 is 24.6. The summed E-state index contributed by atoms with van der Waals surface area (Å²) in [6, 6.07) is 7.15. The summed E-state index contributed by atoms with van der Waals surface area (Å²) in [5, 5.41) is 13.7. The number of carbonyl (C=O) groups excluding carboxylic acids is 2. The number of halogens is 1. The molecule has 32 heavy (non-hydrogen) atoms. The van der Waals surface area contributed by atoms with E-state index in [4.69, 9.17) is 14.7 Å². The molecule has 0 aliphatic carbocycles. The molecule has 2 N–H and O–H groups in total. The van der Waals surface area contributed by atoms with Crippen molar-refractivity contribution in [3.05, 3.63) is 53.2 Å². The molecule has 2 aromatic heterocycles. The molecule has 0 aliphatic heterocycles. The number of rotatable bonds is 5. The molecule has 0 fully saturated rings. The zero-order chi connectivity index (χ0) is 23.7. The van der Waals surface area contributed by atoms with Gasteiger partial charge in [-0.2, -0.15) is 5.26 Å². The Labute approximate surface area is 184 Å². The van der Waals surface area contributed by atoms with Crippen LogP contribution in [-0.2, 0) is 15.9 Å². The first-order chi connectivity index (χ1) is 15.1. The van der Waals surface area contributed by atoms with Crippen molar-refractivity contribution < 1.29 is 23.5 Å². The van der Waals surface area contributed by atoms with Gasteiger partial charge in [0.2, 0.25) is 0 Å². The summed E-state index contributed by atoms with van der Waals surface area (Å²) in [6.07, 6.45) is 0.580. The number of amides is 2. The van der Waals surface area contributed by atoms with Gasteiger partial charge in [-0.25, -0.2) is 29.5 Å². The van der Waals surface area contributed by atoms with Gasteiger partial charge in [0.15, 0.2) is 0 Å². The molecular formula is C21H23FN6O4.